The monoisotopic (exact) mass is 611 g/mol. The van der Waals surface area contributed by atoms with Gasteiger partial charge < -0.3 is 20.4 Å². The second-order valence-corrected chi connectivity index (χ2v) is 13.3. The van der Waals surface area contributed by atoms with Gasteiger partial charge in [-0.25, -0.2) is 0 Å². The Hall–Kier alpha value is -2.48. The smallest absolute Gasteiger partial charge is 0.194 e. The van der Waals surface area contributed by atoms with Gasteiger partial charge in [0.2, 0.25) is 0 Å². The first-order chi connectivity index (χ1) is 20.2. The minimum Gasteiger partial charge on any atom is -0.370 e. The zero-order valence-corrected chi connectivity index (χ0v) is 26.9. The van der Waals surface area contributed by atoms with E-state index in [1.165, 1.54) is 18.4 Å². The minimum absolute atomic E-state index is 0.254. The van der Waals surface area contributed by atoms with E-state index in [1.54, 1.807) is 0 Å². The molecule has 3 N–H and O–H groups in total. The van der Waals surface area contributed by atoms with Gasteiger partial charge in [-0.05, 0) is 68.3 Å². The van der Waals surface area contributed by atoms with Gasteiger partial charge in [0, 0.05) is 38.3 Å². The second kappa shape index (κ2) is 13.9. The van der Waals surface area contributed by atoms with Crippen molar-refractivity contribution in [3.63, 3.8) is 0 Å². The zero-order valence-electron chi connectivity index (χ0n) is 25.4. The van der Waals surface area contributed by atoms with E-state index in [1.807, 2.05) is 18.2 Å². The first-order valence-corrected chi connectivity index (χ1v) is 16.4. The van der Waals surface area contributed by atoms with E-state index in [4.69, 9.17) is 28.9 Å². The van der Waals surface area contributed by atoms with Crippen LogP contribution in [-0.4, -0.2) is 95.0 Å². The maximum atomic E-state index is 9.25. The number of nitrogens with one attached hydrogen (secondary N) is 1. The quantitative estimate of drug-likeness (QED) is 0.327. The number of guanidine groups is 2. The van der Waals surface area contributed by atoms with Gasteiger partial charge in [0.15, 0.2) is 11.9 Å². The molecule has 0 saturated carbocycles. The summed E-state index contributed by atoms with van der Waals surface area (Å²) < 4.78 is 0. The fraction of sp³-hybridized carbons (Fsp3) is 0.576. The molecule has 0 aromatic heterocycles. The van der Waals surface area contributed by atoms with Crippen LogP contribution in [0.4, 0.5) is 0 Å². The molecule has 3 heterocycles. The summed E-state index contributed by atoms with van der Waals surface area (Å²) in [5, 5.41) is 10.4. The van der Waals surface area contributed by atoms with Crippen LogP contribution in [0.15, 0.2) is 53.5 Å². The van der Waals surface area contributed by atoms with Crippen molar-refractivity contribution in [3.8, 4) is 0 Å². The Kier molecular flexibility index (Phi) is 10.2. The normalized spacial score (nSPS) is 24.5. The molecular weight excluding hydrogens is 565 g/mol. The molecule has 2 fully saturated rings. The van der Waals surface area contributed by atoms with Crippen LogP contribution >= 0.6 is 23.2 Å². The number of nitrogens with zero attached hydrogens (tertiary/aromatic N) is 5. The van der Waals surface area contributed by atoms with Crippen LogP contribution < -0.4 is 5.73 Å². The zero-order chi connectivity index (χ0) is 29.8. The molecule has 9 heteroatoms. The van der Waals surface area contributed by atoms with Crippen molar-refractivity contribution in [1.29, 1.82) is 5.41 Å². The van der Waals surface area contributed by atoms with E-state index in [9.17, 15) is 5.41 Å². The van der Waals surface area contributed by atoms with Gasteiger partial charge in [0.05, 0.1) is 28.7 Å². The molecule has 7 nitrogen and oxygen atoms in total. The molecule has 0 unspecified atom stereocenters. The molecule has 2 aromatic rings. The predicted molar refractivity (Wildman–Crippen MR) is 176 cm³/mol. The number of likely N-dealkylation sites (tertiary alicyclic amines) is 1. The Morgan fingerprint density at radius 3 is 2.55 bits per heavy atom. The van der Waals surface area contributed by atoms with Gasteiger partial charge in [-0.2, -0.15) is 0 Å². The molecule has 2 saturated heterocycles. The number of benzene rings is 2. The van der Waals surface area contributed by atoms with Crippen molar-refractivity contribution in [2.75, 3.05) is 39.3 Å². The van der Waals surface area contributed by atoms with Crippen LogP contribution in [0.25, 0.3) is 0 Å². The van der Waals surface area contributed by atoms with E-state index in [-0.39, 0.29) is 6.04 Å². The summed E-state index contributed by atoms with van der Waals surface area (Å²) in [7, 11) is 0. The molecule has 0 aliphatic carbocycles. The number of aliphatic imine (C=N–C) groups is 1. The number of hydrogen-bond donors (Lipinski definition) is 2. The van der Waals surface area contributed by atoms with Crippen LogP contribution in [0.3, 0.4) is 0 Å². The van der Waals surface area contributed by atoms with E-state index >= 15 is 0 Å². The van der Waals surface area contributed by atoms with E-state index in [2.05, 4.69) is 75.7 Å². The average Bonchev–Trinajstić information content (AvgIpc) is 3.67. The summed E-state index contributed by atoms with van der Waals surface area (Å²) in [6.07, 6.45) is 5.28. The van der Waals surface area contributed by atoms with Gasteiger partial charge in [0.1, 0.15) is 0 Å². The molecule has 5 rings (SSSR count). The first-order valence-electron chi connectivity index (χ1n) is 15.6. The summed E-state index contributed by atoms with van der Waals surface area (Å²) in [5.41, 5.74) is 8.91. The van der Waals surface area contributed by atoms with Gasteiger partial charge in [-0.15, -0.1) is 0 Å². The average molecular weight is 613 g/mol. The maximum Gasteiger partial charge on any atom is 0.194 e. The van der Waals surface area contributed by atoms with Gasteiger partial charge in [-0.1, -0.05) is 79.9 Å². The fourth-order valence-electron chi connectivity index (χ4n) is 6.96. The molecule has 0 spiro atoms. The lowest BCUT2D eigenvalue weighted by Gasteiger charge is -2.36. The Morgan fingerprint density at radius 2 is 1.81 bits per heavy atom. The summed E-state index contributed by atoms with van der Waals surface area (Å²) in [6.45, 7) is 12.3. The van der Waals surface area contributed by atoms with Gasteiger partial charge in [-0.3, -0.25) is 15.3 Å². The van der Waals surface area contributed by atoms with E-state index < -0.39 is 0 Å². The number of hydrogen-bond acceptors (Lipinski definition) is 5. The highest BCUT2D eigenvalue weighted by Gasteiger charge is 2.40. The molecular formula is C33H47Cl2N7. The molecule has 3 aliphatic heterocycles. The lowest BCUT2D eigenvalue weighted by molar-refractivity contribution is 0.161. The van der Waals surface area contributed by atoms with Crippen LogP contribution in [0.5, 0.6) is 0 Å². The molecule has 228 valence electrons. The second-order valence-electron chi connectivity index (χ2n) is 12.5. The van der Waals surface area contributed by atoms with Crippen molar-refractivity contribution < 1.29 is 0 Å². The van der Waals surface area contributed by atoms with Crippen molar-refractivity contribution in [2.24, 2.45) is 16.6 Å². The van der Waals surface area contributed by atoms with Crippen LogP contribution in [0, 0.1) is 11.3 Å². The minimum atomic E-state index is 0.254. The summed E-state index contributed by atoms with van der Waals surface area (Å²) in [4.78, 5) is 14.3. The highest BCUT2D eigenvalue weighted by molar-refractivity contribution is 6.42. The lowest BCUT2D eigenvalue weighted by Crippen LogP contribution is -2.51. The third-order valence-electron chi connectivity index (χ3n) is 9.70. The molecule has 0 bridgehead atoms. The Morgan fingerprint density at radius 1 is 1.02 bits per heavy atom. The fourth-order valence-corrected chi connectivity index (χ4v) is 7.28. The summed E-state index contributed by atoms with van der Waals surface area (Å²) in [6, 6.07) is 17.9. The van der Waals surface area contributed by atoms with Crippen LogP contribution in [-0.2, 0) is 12.8 Å². The van der Waals surface area contributed by atoms with E-state index in [0.717, 1.165) is 64.1 Å². The third kappa shape index (κ3) is 7.00. The van der Waals surface area contributed by atoms with Crippen LogP contribution in [0.1, 0.15) is 51.2 Å². The molecule has 5 atom stereocenters. The molecule has 42 heavy (non-hydrogen) atoms. The largest absolute Gasteiger partial charge is 0.370 e. The lowest BCUT2D eigenvalue weighted by atomic mass is 9.98. The number of rotatable bonds is 12. The van der Waals surface area contributed by atoms with Gasteiger partial charge >= 0.3 is 0 Å². The predicted octanol–water partition coefficient (Wildman–Crippen LogP) is 5.60. The number of halogens is 2. The molecule has 0 radical (unpaired) electrons. The summed E-state index contributed by atoms with van der Waals surface area (Å²) in [5.74, 6) is 1.85. The van der Waals surface area contributed by atoms with Gasteiger partial charge in [0.25, 0.3) is 0 Å². The Bertz CT molecular complexity index is 1240. The molecule has 0 amide bonds. The SMILES string of the molecule is CC[C@@H](C)[C@@H]1CN([C@@H](C)CN2CCC[C@H]2CN2C(N)=NC[C@@H]2Cc2ccccc2)C(=N)N1CCc1ccc(Cl)c(Cl)c1. The van der Waals surface area contributed by atoms with Crippen molar-refractivity contribution in [2.45, 2.75) is 77.0 Å². The van der Waals surface area contributed by atoms with Crippen molar-refractivity contribution in [3.05, 3.63) is 69.7 Å². The standard InChI is InChI=1S/C33H47Cl2N7/c1-4-23(2)31-22-41(33(37)40(31)16-14-26-12-13-29(34)30(35)18-26)24(3)20-39-15-8-11-27(39)21-42-28(19-38-32(42)36)17-25-9-6-5-7-10-25/h5-7,9-10,12-13,18,23-24,27-28,31,37H,4,8,11,14-17,19-22H2,1-3H3,(H2,36,38)/t23-,24+,27+,28+,31+/m1/s1. The molecule has 3 aliphatic rings. The first kappa shape index (κ1) is 31.0. The summed E-state index contributed by atoms with van der Waals surface area (Å²) >= 11 is 12.4. The van der Waals surface area contributed by atoms with Crippen molar-refractivity contribution >= 4 is 35.1 Å². The van der Waals surface area contributed by atoms with Crippen LogP contribution in [0.2, 0.25) is 10.0 Å². The highest BCUT2D eigenvalue weighted by atomic mass is 35.5. The Balaban J connectivity index is 1.21. The topological polar surface area (TPSA) is 75.2 Å². The van der Waals surface area contributed by atoms with E-state index in [0.29, 0.717) is 46.0 Å². The van der Waals surface area contributed by atoms with Crippen molar-refractivity contribution in [1.82, 2.24) is 19.6 Å². The third-order valence-corrected chi connectivity index (χ3v) is 10.4. The molecule has 2 aromatic carbocycles. The maximum absolute atomic E-state index is 9.25. The Labute approximate surface area is 262 Å². The highest BCUT2D eigenvalue weighted by Crippen LogP contribution is 2.29. The number of nitrogens with two attached hydrogens (primary N) is 1.